The van der Waals surface area contributed by atoms with Gasteiger partial charge in [0.2, 0.25) is 0 Å². The SMILES string of the molecule is CCCCCCCCCCOCCOCCOCCOCC[N+](C)(C)C.[Br-]. The molecule has 0 fully saturated rings. The third kappa shape index (κ3) is 28.6. The van der Waals surface area contributed by atoms with Crippen LogP contribution in [0.3, 0.4) is 0 Å². The quantitative estimate of drug-likeness (QED) is 0.190. The molecule has 0 aromatic rings. The van der Waals surface area contributed by atoms with Gasteiger partial charge in [-0.05, 0) is 6.42 Å². The topological polar surface area (TPSA) is 36.9 Å². The zero-order valence-electron chi connectivity index (χ0n) is 18.5. The van der Waals surface area contributed by atoms with Crippen molar-refractivity contribution in [1.29, 1.82) is 0 Å². The summed E-state index contributed by atoms with van der Waals surface area (Å²) in [4.78, 5) is 0. The Bertz CT molecular complexity index is 275. The summed E-state index contributed by atoms with van der Waals surface area (Å²) in [5.41, 5.74) is 0. The number of nitrogens with zero attached hydrogens (tertiary/aromatic N) is 1. The summed E-state index contributed by atoms with van der Waals surface area (Å²) in [7, 11) is 6.49. The third-order valence-corrected chi connectivity index (χ3v) is 4.16. The van der Waals surface area contributed by atoms with Crippen LogP contribution in [-0.2, 0) is 18.9 Å². The monoisotopic (exact) mass is 455 g/mol. The maximum Gasteiger partial charge on any atom is 0.102 e. The first-order valence-corrected chi connectivity index (χ1v) is 10.7. The smallest absolute Gasteiger partial charge is 0.102 e. The van der Waals surface area contributed by atoms with Crippen molar-refractivity contribution in [2.45, 2.75) is 58.3 Å². The lowest BCUT2D eigenvalue weighted by atomic mass is 10.1. The molecule has 0 radical (unpaired) electrons. The Kier molecular flexibility index (Phi) is 24.6. The number of ether oxygens (including phenoxy) is 4. The molecule has 0 N–H and O–H groups in total. The van der Waals surface area contributed by atoms with Gasteiger partial charge in [0.05, 0.1) is 67.4 Å². The number of halogens is 1. The van der Waals surface area contributed by atoms with Gasteiger partial charge in [-0.2, -0.15) is 0 Å². The maximum absolute atomic E-state index is 5.59. The van der Waals surface area contributed by atoms with E-state index >= 15 is 0 Å². The molecule has 0 unspecified atom stereocenters. The van der Waals surface area contributed by atoms with Crippen LogP contribution in [0.25, 0.3) is 0 Å². The van der Waals surface area contributed by atoms with Crippen LogP contribution in [0.1, 0.15) is 58.3 Å². The Labute approximate surface area is 179 Å². The Morgan fingerprint density at radius 3 is 1.30 bits per heavy atom. The number of likely N-dealkylation sites (N-methyl/N-ethyl adjacent to an activating group) is 1. The van der Waals surface area contributed by atoms with E-state index in [1.807, 2.05) is 0 Å². The lowest BCUT2D eigenvalue weighted by molar-refractivity contribution is -0.870. The fourth-order valence-corrected chi connectivity index (χ4v) is 2.44. The Morgan fingerprint density at radius 2 is 0.852 bits per heavy atom. The molecule has 0 rings (SSSR count). The molecule has 0 aliphatic carbocycles. The molecule has 166 valence electrons. The van der Waals surface area contributed by atoms with Crippen LogP contribution in [0, 0.1) is 0 Å². The van der Waals surface area contributed by atoms with Gasteiger partial charge >= 0.3 is 0 Å². The van der Waals surface area contributed by atoms with Crippen LogP contribution >= 0.6 is 0 Å². The molecule has 0 amide bonds. The summed E-state index contributed by atoms with van der Waals surface area (Å²) in [6.45, 7) is 8.79. The molecule has 5 nitrogen and oxygen atoms in total. The predicted octanol–water partition coefficient (Wildman–Crippen LogP) is 0.904. The van der Waals surface area contributed by atoms with E-state index in [2.05, 4.69) is 28.1 Å². The first-order valence-electron chi connectivity index (χ1n) is 10.7. The molecule has 0 heterocycles. The average Bonchev–Trinajstić information content (AvgIpc) is 2.59. The van der Waals surface area contributed by atoms with Gasteiger partial charge in [0, 0.05) is 6.61 Å². The summed E-state index contributed by atoms with van der Waals surface area (Å²) in [5, 5.41) is 0. The van der Waals surface area contributed by atoms with Gasteiger partial charge < -0.3 is 40.4 Å². The van der Waals surface area contributed by atoms with Crippen molar-refractivity contribution in [1.82, 2.24) is 0 Å². The van der Waals surface area contributed by atoms with E-state index in [0.717, 1.165) is 24.2 Å². The lowest BCUT2D eigenvalue weighted by Crippen LogP contribution is -3.00. The van der Waals surface area contributed by atoms with Crippen molar-refractivity contribution in [2.24, 2.45) is 0 Å². The average molecular weight is 457 g/mol. The fraction of sp³-hybridized carbons (Fsp3) is 1.00. The van der Waals surface area contributed by atoms with E-state index < -0.39 is 0 Å². The molecular formula is C21H46BrNO4. The predicted molar refractivity (Wildman–Crippen MR) is 109 cm³/mol. The van der Waals surface area contributed by atoms with Crippen molar-refractivity contribution >= 4 is 0 Å². The maximum atomic E-state index is 5.59. The third-order valence-electron chi connectivity index (χ3n) is 4.16. The minimum Gasteiger partial charge on any atom is -1.00 e. The van der Waals surface area contributed by atoms with Gasteiger partial charge in [0.15, 0.2) is 0 Å². The van der Waals surface area contributed by atoms with Gasteiger partial charge in [-0.3, -0.25) is 0 Å². The van der Waals surface area contributed by atoms with Gasteiger partial charge in [-0.25, -0.2) is 0 Å². The first kappa shape index (κ1) is 29.5. The van der Waals surface area contributed by atoms with E-state index in [1.165, 1.54) is 51.4 Å². The zero-order valence-corrected chi connectivity index (χ0v) is 20.1. The largest absolute Gasteiger partial charge is 1.00 e. The summed E-state index contributed by atoms with van der Waals surface area (Å²) in [6, 6.07) is 0. The van der Waals surface area contributed by atoms with E-state index in [-0.39, 0.29) is 17.0 Å². The second kappa shape index (κ2) is 22.6. The molecule has 0 bridgehead atoms. The van der Waals surface area contributed by atoms with E-state index in [0.29, 0.717) is 39.6 Å². The fourth-order valence-electron chi connectivity index (χ4n) is 2.44. The standard InChI is InChI=1S/C21H46NO4.BrH/c1-5-6-7-8-9-10-11-12-14-23-16-18-25-20-21-26-19-17-24-15-13-22(2,3)4;/h5-21H2,1-4H3;1H/q+1;/p-1. The summed E-state index contributed by atoms with van der Waals surface area (Å²) in [6.07, 6.45) is 10.7. The molecule has 0 aromatic heterocycles. The van der Waals surface area contributed by atoms with Gasteiger partial charge in [-0.15, -0.1) is 0 Å². The number of hydrogen-bond donors (Lipinski definition) is 0. The van der Waals surface area contributed by atoms with Crippen molar-refractivity contribution in [3.8, 4) is 0 Å². The summed E-state index contributed by atoms with van der Waals surface area (Å²) in [5.74, 6) is 0. The summed E-state index contributed by atoms with van der Waals surface area (Å²) < 4.78 is 23.0. The molecule has 0 saturated heterocycles. The highest BCUT2D eigenvalue weighted by atomic mass is 79.9. The number of rotatable bonds is 21. The molecule has 0 spiro atoms. The minimum atomic E-state index is 0. The van der Waals surface area contributed by atoms with Crippen LogP contribution in [0.15, 0.2) is 0 Å². The van der Waals surface area contributed by atoms with Crippen LogP contribution < -0.4 is 17.0 Å². The van der Waals surface area contributed by atoms with Crippen molar-refractivity contribution in [3.63, 3.8) is 0 Å². The molecular weight excluding hydrogens is 410 g/mol. The molecule has 0 atom stereocenters. The Morgan fingerprint density at radius 1 is 0.481 bits per heavy atom. The second-order valence-corrected chi connectivity index (χ2v) is 7.94. The van der Waals surface area contributed by atoms with E-state index in [4.69, 9.17) is 18.9 Å². The van der Waals surface area contributed by atoms with E-state index in [1.54, 1.807) is 0 Å². The van der Waals surface area contributed by atoms with E-state index in [9.17, 15) is 0 Å². The van der Waals surface area contributed by atoms with Crippen LogP contribution in [0.5, 0.6) is 0 Å². The molecule has 0 saturated carbocycles. The number of unbranched alkanes of at least 4 members (excludes halogenated alkanes) is 7. The Hall–Kier alpha value is 0.280. The molecule has 27 heavy (non-hydrogen) atoms. The Balaban J connectivity index is 0. The lowest BCUT2D eigenvalue weighted by Gasteiger charge is -2.23. The highest BCUT2D eigenvalue weighted by Crippen LogP contribution is 2.08. The first-order chi connectivity index (χ1) is 12.6. The van der Waals surface area contributed by atoms with Crippen LogP contribution in [-0.4, -0.2) is 85.0 Å². The highest BCUT2D eigenvalue weighted by Gasteiger charge is 2.05. The van der Waals surface area contributed by atoms with Crippen molar-refractivity contribution in [2.75, 3.05) is 80.5 Å². The molecule has 0 aliphatic heterocycles. The summed E-state index contributed by atoms with van der Waals surface area (Å²) >= 11 is 0. The normalized spacial score (nSPS) is 11.6. The van der Waals surface area contributed by atoms with Crippen LogP contribution in [0.2, 0.25) is 0 Å². The van der Waals surface area contributed by atoms with Crippen molar-refractivity contribution in [3.05, 3.63) is 0 Å². The van der Waals surface area contributed by atoms with Gasteiger partial charge in [-0.1, -0.05) is 51.9 Å². The molecule has 6 heteroatoms. The number of quaternary nitrogens is 1. The van der Waals surface area contributed by atoms with Gasteiger partial charge in [0.25, 0.3) is 0 Å². The van der Waals surface area contributed by atoms with Gasteiger partial charge in [0.1, 0.15) is 6.54 Å². The zero-order chi connectivity index (χ0) is 19.3. The molecule has 0 aromatic carbocycles. The van der Waals surface area contributed by atoms with Crippen LogP contribution in [0.4, 0.5) is 0 Å². The minimum absolute atomic E-state index is 0. The van der Waals surface area contributed by atoms with Crippen molar-refractivity contribution < 1.29 is 40.4 Å². The second-order valence-electron chi connectivity index (χ2n) is 7.94. The molecule has 0 aliphatic rings. The number of hydrogen-bond acceptors (Lipinski definition) is 4. The highest BCUT2D eigenvalue weighted by molar-refractivity contribution is 4.46.